The predicted octanol–water partition coefficient (Wildman–Crippen LogP) is 4.12. The van der Waals surface area contributed by atoms with E-state index in [1.54, 1.807) is 23.5 Å². The highest BCUT2D eigenvalue weighted by Gasteiger charge is 2.30. The molecule has 1 aromatic heterocycles. The minimum absolute atomic E-state index is 0.306. The Bertz CT molecular complexity index is 1140. The highest BCUT2D eigenvalue weighted by atomic mass is 35.5. The van der Waals surface area contributed by atoms with Crippen molar-refractivity contribution in [1.29, 1.82) is 0 Å². The van der Waals surface area contributed by atoms with Crippen LogP contribution in [0.5, 0.6) is 0 Å². The Balaban J connectivity index is 1.56. The fourth-order valence-corrected chi connectivity index (χ4v) is 5.38. The first-order valence-corrected chi connectivity index (χ1v) is 11.2. The van der Waals surface area contributed by atoms with E-state index in [9.17, 15) is 8.42 Å². The van der Waals surface area contributed by atoms with Gasteiger partial charge in [0.1, 0.15) is 0 Å². The zero-order valence-corrected chi connectivity index (χ0v) is 17.9. The number of hydrogen-bond acceptors (Lipinski definition) is 5. The second kappa shape index (κ2) is 7.82. The molecule has 2 aromatic carbocycles. The van der Waals surface area contributed by atoms with Crippen molar-refractivity contribution in [2.45, 2.75) is 18.7 Å². The van der Waals surface area contributed by atoms with Gasteiger partial charge in [0.2, 0.25) is 10.0 Å². The van der Waals surface area contributed by atoms with Crippen LogP contribution in [-0.4, -0.2) is 43.9 Å². The molecule has 4 rings (SSSR count). The van der Waals surface area contributed by atoms with Crippen LogP contribution in [0, 0.1) is 13.8 Å². The van der Waals surface area contributed by atoms with Crippen LogP contribution in [-0.2, 0) is 10.0 Å². The highest BCUT2D eigenvalue weighted by Crippen LogP contribution is 2.29. The molecule has 0 saturated carbocycles. The lowest BCUT2D eigenvalue weighted by Crippen LogP contribution is -2.48. The van der Waals surface area contributed by atoms with Gasteiger partial charge in [-0.3, -0.25) is 0 Å². The molecule has 1 fully saturated rings. The number of halogens is 1. The molecule has 0 aliphatic carbocycles. The predicted molar refractivity (Wildman–Crippen MR) is 114 cm³/mol. The van der Waals surface area contributed by atoms with Gasteiger partial charge in [-0.25, -0.2) is 13.4 Å². The highest BCUT2D eigenvalue weighted by molar-refractivity contribution is 7.89. The molecule has 0 bridgehead atoms. The monoisotopic (exact) mass is 431 g/mol. The van der Waals surface area contributed by atoms with Crippen LogP contribution in [0.25, 0.3) is 11.3 Å². The third kappa shape index (κ3) is 4.03. The fraction of sp³-hybridized carbons (Fsp3) is 0.286. The smallest absolute Gasteiger partial charge is 0.243 e. The van der Waals surface area contributed by atoms with Gasteiger partial charge in [-0.15, -0.1) is 0 Å². The lowest BCUT2D eigenvalue weighted by Gasteiger charge is -2.35. The van der Waals surface area contributed by atoms with Gasteiger partial charge in [0, 0.05) is 49.4 Å². The van der Waals surface area contributed by atoms with Gasteiger partial charge in [0.25, 0.3) is 0 Å². The maximum absolute atomic E-state index is 13.3. The number of sulfonamides is 1. The fourth-order valence-electron chi connectivity index (χ4n) is 3.52. The van der Waals surface area contributed by atoms with E-state index in [4.69, 9.17) is 16.0 Å². The van der Waals surface area contributed by atoms with Crippen molar-refractivity contribution in [3.63, 3.8) is 0 Å². The van der Waals surface area contributed by atoms with E-state index < -0.39 is 10.0 Å². The molecule has 152 valence electrons. The molecule has 1 aliphatic rings. The number of hydrogen-bond donors (Lipinski definition) is 0. The first-order valence-electron chi connectivity index (χ1n) is 9.39. The summed E-state index contributed by atoms with van der Waals surface area (Å²) < 4.78 is 33.8. The molecule has 6 nitrogen and oxygen atoms in total. The molecule has 0 atom stereocenters. The van der Waals surface area contributed by atoms with Crippen LogP contribution in [0.4, 0.5) is 5.69 Å². The number of benzene rings is 2. The van der Waals surface area contributed by atoms with E-state index in [0.29, 0.717) is 58.9 Å². The number of piperazine rings is 1. The molecule has 1 aliphatic heterocycles. The summed E-state index contributed by atoms with van der Waals surface area (Å²) in [6.45, 7) is 5.62. The third-order valence-corrected chi connectivity index (χ3v) is 7.40. The van der Waals surface area contributed by atoms with Crippen LogP contribution in [0.1, 0.15) is 11.5 Å². The van der Waals surface area contributed by atoms with E-state index >= 15 is 0 Å². The van der Waals surface area contributed by atoms with E-state index in [-0.39, 0.29) is 0 Å². The molecule has 0 radical (unpaired) electrons. The van der Waals surface area contributed by atoms with Crippen LogP contribution in [0.3, 0.4) is 0 Å². The Kier molecular flexibility index (Phi) is 5.38. The normalized spacial score (nSPS) is 15.6. The Labute approximate surface area is 175 Å². The van der Waals surface area contributed by atoms with Gasteiger partial charge in [-0.2, -0.15) is 4.31 Å². The Morgan fingerprint density at radius 2 is 1.79 bits per heavy atom. The molecular weight excluding hydrogens is 410 g/mol. The first-order chi connectivity index (χ1) is 13.8. The SMILES string of the molecule is Cc1ncc(-c2ccc(C)c(S(=O)(=O)N3CCN(c4cccc(Cl)c4)CC3)c2)o1. The minimum Gasteiger partial charge on any atom is -0.441 e. The number of aromatic nitrogens is 1. The van der Waals surface area contributed by atoms with Gasteiger partial charge in [0.15, 0.2) is 11.7 Å². The number of oxazole rings is 1. The zero-order valence-electron chi connectivity index (χ0n) is 16.3. The van der Waals surface area contributed by atoms with Crippen molar-refractivity contribution in [1.82, 2.24) is 9.29 Å². The summed E-state index contributed by atoms with van der Waals surface area (Å²) in [5, 5.41) is 0.674. The summed E-state index contributed by atoms with van der Waals surface area (Å²) in [6.07, 6.45) is 1.61. The Morgan fingerprint density at radius 1 is 1.03 bits per heavy atom. The summed E-state index contributed by atoms with van der Waals surface area (Å²) in [5.74, 6) is 1.10. The lowest BCUT2D eigenvalue weighted by atomic mass is 10.1. The van der Waals surface area contributed by atoms with E-state index in [2.05, 4.69) is 9.88 Å². The topological polar surface area (TPSA) is 66.7 Å². The third-order valence-electron chi connectivity index (χ3n) is 5.12. The minimum atomic E-state index is -3.61. The summed E-state index contributed by atoms with van der Waals surface area (Å²) in [7, 11) is -3.61. The number of anilines is 1. The molecule has 0 N–H and O–H groups in total. The van der Waals surface area contributed by atoms with Gasteiger partial charge in [-0.05, 0) is 36.8 Å². The second-order valence-corrected chi connectivity index (χ2v) is 9.44. The molecule has 3 aromatic rings. The van der Waals surface area contributed by atoms with Gasteiger partial charge >= 0.3 is 0 Å². The van der Waals surface area contributed by atoms with Crippen molar-refractivity contribution in [2.24, 2.45) is 0 Å². The standard InChI is InChI=1S/C21H22ClN3O3S/c1-15-6-7-17(20-14-23-16(2)28-20)12-21(15)29(26,27)25-10-8-24(9-11-25)19-5-3-4-18(22)13-19/h3-7,12-14H,8-11H2,1-2H3. The maximum atomic E-state index is 13.3. The quantitative estimate of drug-likeness (QED) is 0.621. The van der Waals surface area contributed by atoms with Gasteiger partial charge in [0.05, 0.1) is 11.1 Å². The lowest BCUT2D eigenvalue weighted by molar-refractivity contribution is 0.384. The molecule has 1 saturated heterocycles. The molecule has 29 heavy (non-hydrogen) atoms. The number of rotatable bonds is 4. The number of nitrogens with zero attached hydrogens (tertiary/aromatic N) is 3. The van der Waals surface area contributed by atoms with Crippen molar-refractivity contribution < 1.29 is 12.8 Å². The van der Waals surface area contributed by atoms with Crippen LogP contribution in [0.2, 0.25) is 5.02 Å². The molecule has 0 spiro atoms. The van der Waals surface area contributed by atoms with E-state index in [1.165, 1.54) is 0 Å². The van der Waals surface area contributed by atoms with Gasteiger partial charge in [-0.1, -0.05) is 29.8 Å². The van der Waals surface area contributed by atoms with E-state index in [0.717, 1.165) is 5.69 Å². The second-order valence-electron chi connectivity index (χ2n) is 7.09. The molecule has 0 unspecified atom stereocenters. The van der Waals surface area contributed by atoms with Gasteiger partial charge < -0.3 is 9.32 Å². The average Bonchev–Trinajstić information content (AvgIpc) is 3.14. The zero-order chi connectivity index (χ0) is 20.6. The summed E-state index contributed by atoms with van der Waals surface area (Å²) >= 11 is 6.08. The summed E-state index contributed by atoms with van der Waals surface area (Å²) in [6, 6.07) is 13.0. The van der Waals surface area contributed by atoms with Crippen LogP contribution >= 0.6 is 11.6 Å². The molecule has 2 heterocycles. The van der Waals surface area contributed by atoms with Crippen molar-refractivity contribution in [3.8, 4) is 11.3 Å². The maximum Gasteiger partial charge on any atom is 0.243 e. The molecular formula is C21H22ClN3O3S. The Morgan fingerprint density at radius 3 is 2.45 bits per heavy atom. The molecule has 8 heteroatoms. The van der Waals surface area contributed by atoms with Crippen molar-refractivity contribution >= 4 is 27.3 Å². The number of aryl methyl sites for hydroxylation is 2. The van der Waals surface area contributed by atoms with Crippen molar-refractivity contribution in [2.75, 3.05) is 31.1 Å². The van der Waals surface area contributed by atoms with E-state index in [1.807, 2.05) is 43.3 Å². The van der Waals surface area contributed by atoms with Crippen LogP contribution < -0.4 is 4.90 Å². The van der Waals surface area contributed by atoms with Crippen LogP contribution in [0.15, 0.2) is 58.0 Å². The summed E-state index contributed by atoms with van der Waals surface area (Å²) in [5.41, 5.74) is 2.42. The Hall–Kier alpha value is -2.35. The van der Waals surface area contributed by atoms with Crippen molar-refractivity contribution in [3.05, 3.63) is 65.1 Å². The first kappa shape index (κ1) is 19.9. The largest absolute Gasteiger partial charge is 0.441 e. The molecule has 0 amide bonds. The summed E-state index contributed by atoms with van der Waals surface area (Å²) in [4.78, 5) is 6.56. The average molecular weight is 432 g/mol.